The van der Waals surface area contributed by atoms with Gasteiger partial charge < -0.3 is 5.32 Å². The van der Waals surface area contributed by atoms with Crippen LogP contribution in [0.15, 0.2) is 30.3 Å². The van der Waals surface area contributed by atoms with E-state index >= 15 is 0 Å². The van der Waals surface area contributed by atoms with Gasteiger partial charge in [0.2, 0.25) is 0 Å². The van der Waals surface area contributed by atoms with Crippen molar-refractivity contribution in [3.05, 3.63) is 35.2 Å². The van der Waals surface area contributed by atoms with Crippen LogP contribution in [0, 0.1) is 5.41 Å². The summed E-state index contributed by atoms with van der Waals surface area (Å²) in [5, 5.41) is 5.07. The van der Waals surface area contributed by atoms with E-state index in [1.165, 1.54) is 22.9 Å². The highest BCUT2D eigenvalue weighted by Gasteiger charge is 2.50. The maximum absolute atomic E-state index is 3.66. The molecule has 1 N–H and O–H groups in total. The Labute approximate surface area is 120 Å². The normalized spacial score (nSPS) is 30.5. The average molecular weight is 273 g/mol. The fourth-order valence-corrected chi connectivity index (χ4v) is 4.87. The summed E-state index contributed by atoms with van der Waals surface area (Å²) >= 11 is 1.99. The van der Waals surface area contributed by atoms with Gasteiger partial charge in [0.1, 0.15) is 0 Å². The summed E-state index contributed by atoms with van der Waals surface area (Å²) in [4.78, 5) is 1.58. The largest absolute Gasteiger partial charge is 0.314 e. The lowest BCUT2D eigenvalue weighted by Gasteiger charge is -2.54. The maximum Gasteiger partial charge on any atom is 0.0345 e. The van der Waals surface area contributed by atoms with Crippen LogP contribution in [0.1, 0.15) is 44.4 Å². The molecule has 2 aromatic rings. The molecule has 0 spiro atoms. The first-order chi connectivity index (χ1) is 9.19. The predicted octanol–water partition coefficient (Wildman–Crippen LogP) is 4.78. The third-order valence-electron chi connectivity index (χ3n) is 5.06. The van der Waals surface area contributed by atoms with Gasteiger partial charge in [0.25, 0.3) is 0 Å². The van der Waals surface area contributed by atoms with E-state index in [0.29, 0.717) is 11.5 Å². The van der Waals surface area contributed by atoms with Crippen LogP contribution < -0.4 is 5.32 Å². The van der Waals surface area contributed by atoms with Crippen molar-refractivity contribution in [2.75, 3.05) is 6.54 Å². The second-order valence-electron chi connectivity index (χ2n) is 5.94. The van der Waals surface area contributed by atoms with E-state index in [-0.39, 0.29) is 0 Å². The maximum atomic E-state index is 3.66. The van der Waals surface area contributed by atoms with Gasteiger partial charge in [-0.1, -0.05) is 39.0 Å². The molecule has 1 aromatic carbocycles. The zero-order valence-electron chi connectivity index (χ0n) is 12.1. The van der Waals surface area contributed by atoms with E-state index in [1.807, 2.05) is 11.3 Å². The Morgan fingerprint density at radius 2 is 2.11 bits per heavy atom. The highest BCUT2D eigenvalue weighted by atomic mass is 32.1. The van der Waals surface area contributed by atoms with Gasteiger partial charge in [-0.2, -0.15) is 0 Å². The summed E-state index contributed by atoms with van der Waals surface area (Å²) in [6, 6.07) is 11.9. The van der Waals surface area contributed by atoms with E-state index in [2.05, 4.69) is 56.4 Å². The third kappa shape index (κ3) is 2.02. The van der Waals surface area contributed by atoms with Crippen LogP contribution in [0.5, 0.6) is 0 Å². The summed E-state index contributed by atoms with van der Waals surface area (Å²) in [6.07, 6.45) is 2.55. The molecule has 1 aromatic heterocycles. The molecule has 0 saturated heterocycles. The molecule has 19 heavy (non-hydrogen) atoms. The molecule has 0 amide bonds. The summed E-state index contributed by atoms with van der Waals surface area (Å²) in [7, 11) is 0. The number of benzene rings is 1. The Kier molecular flexibility index (Phi) is 3.40. The van der Waals surface area contributed by atoms with Gasteiger partial charge >= 0.3 is 0 Å². The number of fused-ring (bicyclic) bond motifs is 1. The van der Waals surface area contributed by atoms with Crippen molar-refractivity contribution in [3.63, 3.8) is 0 Å². The molecule has 1 saturated carbocycles. The van der Waals surface area contributed by atoms with Gasteiger partial charge in [0.05, 0.1) is 0 Å². The van der Waals surface area contributed by atoms with Crippen LogP contribution in [0.25, 0.3) is 10.1 Å². The van der Waals surface area contributed by atoms with Crippen molar-refractivity contribution in [2.24, 2.45) is 5.41 Å². The van der Waals surface area contributed by atoms with Gasteiger partial charge in [-0.05, 0) is 42.3 Å². The smallest absolute Gasteiger partial charge is 0.0345 e. The molecule has 1 fully saturated rings. The standard InChI is InChI=1S/C17H23NS/c1-4-17(3)13(11-16(17)18-5-2)15-10-12-8-6-7-9-14(12)19-15/h6-10,13,16,18H,4-5,11H2,1-3H3. The van der Waals surface area contributed by atoms with Gasteiger partial charge in [-0.25, -0.2) is 0 Å². The molecular formula is C17H23NS. The minimum Gasteiger partial charge on any atom is -0.314 e. The number of thiophene rings is 1. The highest BCUT2D eigenvalue weighted by Crippen LogP contribution is 2.56. The highest BCUT2D eigenvalue weighted by molar-refractivity contribution is 7.19. The first kappa shape index (κ1) is 13.1. The fourth-order valence-electron chi connectivity index (χ4n) is 3.53. The monoisotopic (exact) mass is 273 g/mol. The molecule has 1 nitrogen and oxygen atoms in total. The van der Waals surface area contributed by atoms with Crippen molar-refractivity contribution < 1.29 is 0 Å². The average Bonchev–Trinajstić information content (AvgIpc) is 2.84. The summed E-state index contributed by atoms with van der Waals surface area (Å²) < 4.78 is 1.43. The van der Waals surface area contributed by atoms with Gasteiger partial charge in [0.15, 0.2) is 0 Å². The van der Waals surface area contributed by atoms with Gasteiger partial charge in [-0.3, -0.25) is 0 Å². The molecule has 0 radical (unpaired) electrons. The molecule has 0 aliphatic heterocycles. The van der Waals surface area contributed by atoms with Crippen molar-refractivity contribution in [2.45, 2.75) is 45.6 Å². The first-order valence-corrected chi connectivity index (χ1v) is 8.22. The van der Waals surface area contributed by atoms with Crippen LogP contribution in [0.3, 0.4) is 0 Å². The predicted molar refractivity (Wildman–Crippen MR) is 85.0 cm³/mol. The second-order valence-corrected chi connectivity index (χ2v) is 7.06. The van der Waals surface area contributed by atoms with Crippen molar-refractivity contribution >= 4 is 21.4 Å². The van der Waals surface area contributed by atoms with E-state index in [4.69, 9.17) is 0 Å². The zero-order valence-corrected chi connectivity index (χ0v) is 12.9. The molecule has 3 rings (SSSR count). The minimum atomic E-state index is 0.427. The van der Waals surface area contributed by atoms with Crippen molar-refractivity contribution in [3.8, 4) is 0 Å². The summed E-state index contributed by atoms with van der Waals surface area (Å²) in [5.41, 5.74) is 0.427. The third-order valence-corrected chi connectivity index (χ3v) is 6.29. The minimum absolute atomic E-state index is 0.427. The molecule has 1 aliphatic carbocycles. The number of nitrogens with one attached hydrogen (secondary N) is 1. The first-order valence-electron chi connectivity index (χ1n) is 7.41. The Balaban J connectivity index is 1.90. The number of rotatable bonds is 4. The van der Waals surface area contributed by atoms with E-state index in [0.717, 1.165) is 12.5 Å². The Bertz CT molecular complexity index is 540. The van der Waals surface area contributed by atoms with E-state index in [9.17, 15) is 0 Å². The van der Waals surface area contributed by atoms with Crippen molar-refractivity contribution in [1.29, 1.82) is 0 Å². The van der Waals surface area contributed by atoms with Gasteiger partial charge in [0, 0.05) is 21.5 Å². The summed E-state index contributed by atoms with van der Waals surface area (Å²) in [5.74, 6) is 0.735. The topological polar surface area (TPSA) is 12.0 Å². The molecule has 2 heteroatoms. The van der Waals surface area contributed by atoms with Crippen LogP contribution in [-0.2, 0) is 0 Å². The number of hydrogen-bond donors (Lipinski definition) is 1. The lowest BCUT2D eigenvalue weighted by atomic mass is 9.55. The van der Waals surface area contributed by atoms with Crippen LogP contribution in [0.4, 0.5) is 0 Å². The SMILES string of the molecule is CCNC1CC(c2cc3ccccc3s2)C1(C)CC. The fraction of sp³-hybridized carbons (Fsp3) is 0.529. The second kappa shape index (κ2) is 4.92. The number of hydrogen-bond acceptors (Lipinski definition) is 2. The van der Waals surface area contributed by atoms with Crippen molar-refractivity contribution in [1.82, 2.24) is 5.32 Å². The Morgan fingerprint density at radius 3 is 2.79 bits per heavy atom. The summed E-state index contributed by atoms with van der Waals surface area (Å²) in [6.45, 7) is 8.09. The Morgan fingerprint density at radius 1 is 1.32 bits per heavy atom. The van der Waals surface area contributed by atoms with E-state index < -0.39 is 0 Å². The molecule has 1 heterocycles. The van der Waals surface area contributed by atoms with Crippen LogP contribution in [-0.4, -0.2) is 12.6 Å². The van der Waals surface area contributed by atoms with E-state index in [1.54, 1.807) is 4.88 Å². The Hall–Kier alpha value is -0.860. The lowest BCUT2D eigenvalue weighted by Crippen LogP contribution is -2.56. The van der Waals surface area contributed by atoms with Crippen LogP contribution >= 0.6 is 11.3 Å². The van der Waals surface area contributed by atoms with Crippen LogP contribution in [0.2, 0.25) is 0 Å². The molecule has 0 bridgehead atoms. The molecule has 1 aliphatic rings. The molecular weight excluding hydrogens is 250 g/mol. The quantitative estimate of drug-likeness (QED) is 0.845. The zero-order chi connectivity index (χ0) is 13.5. The molecule has 102 valence electrons. The lowest BCUT2D eigenvalue weighted by molar-refractivity contribution is 0.0476. The molecule has 3 atom stereocenters. The molecule has 3 unspecified atom stereocenters. The van der Waals surface area contributed by atoms with Gasteiger partial charge in [-0.15, -0.1) is 11.3 Å².